The Balaban J connectivity index is 0.00000385. The molecule has 3 N–H and O–H groups in total. The van der Waals surface area contributed by atoms with Crippen LogP contribution in [0, 0.1) is 19.8 Å². The van der Waals surface area contributed by atoms with Gasteiger partial charge >= 0.3 is 0 Å². The standard InChI is InChI=1S/C25H40N4O2Si.ClH/c1-18-23(19(2)29(28-18)17-31-15-16-32(3,4)5)20-11-13-22(14-12-20)27-25(30)24(26)21-9-7-6-8-10-21;/h11-14,21,24H,6-10,15-17,26H2,1-5H3,(H,27,30);1H. The molecule has 1 amide bonds. The molecular weight excluding hydrogens is 452 g/mol. The minimum atomic E-state index is -1.09. The van der Waals surface area contributed by atoms with Gasteiger partial charge in [-0.15, -0.1) is 12.4 Å². The van der Waals surface area contributed by atoms with Crippen molar-refractivity contribution in [1.29, 1.82) is 0 Å². The fourth-order valence-electron chi connectivity index (χ4n) is 4.42. The Bertz CT molecular complexity index is 902. The fraction of sp³-hybridized carbons (Fsp3) is 0.600. The maximum atomic E-state index is 12.6. The summed E-state index contributed by atoms with van der Waals surface area (Å²) in [6.45, 7) is 12.4. The molecule has 0 radical (unpaired) electrons. The minimum absolute atomic E-state index is 0. The van der Waals surface area contributed by atoms with Crippen molar-refractivity contribution in [2.75, 3.05) is 11.9 Å². The summed E-state index contributed by atoms with van der Waals surface area (Å²) < 4.78 is 7.83. The Morgan fingerprint density at radius 3 is 2.42 bits per heavy atom. The number of rotatable bonds is 9. The van der Waals surface area contributed by atoms with E-state index in [0.29, 0.717) is 12.6 Å². The summed E-state index contributed by atoms with van der Waals surface area (Å²) in [4.78, 5) is 12.6. The minimum Gasteiger partial charge on any atom is -0.360 e. The lowest BCUT2D eigenvalue weighted by atomic mass is 9.84. The van der Waals surface area contributed by atoms with E-state index in [4.69, 9.17) is 10.5 Å². The Morgan fingerprint density at radius 2 is 1.82 bits per heavy atom. The maximum Gasteiger partial charge on any atom is 0.241 e. The quantitative estimate of drug-likeness (QED) is 0.345. The van der Waals surface area contributed by atoms with Crippen molar-refractivity contribution >= 4 is 32.1 Å². The zero-order valence-corrected chi connectivity index (χ0v) is 22.6. The van der Waals surface area contributed by atoms with E-state index >= 15 is 0 Å². The van der Waals surface area contributed by atoms with Gasteiger partial charge in [-0.2, -0.15) is 5.10 Å². The largest absolute Gasteiger partial charge is 0.360 e. The number of anilines is 1. The number of ether oxygens (including phenoxy) is 1. The smallest absolute Gasteiger partial charge is 0.241 e. The third-order valence-electron chi connectivity index (χ3n) is 6.49. The van der Waals surface area contributed by atoms with E-state index in [2.05, 4.69) is 37.0 Å². The summed E-state index contributed by atoms with van der Waals surface area (Å²) in [6, 6.07) is 8.68. The lowest BCUT2D eigenvalue weighted by Gasteiger charge is -2.26. The van der Waals surface area contributed by atoms with Crippen molar-refractivity contribution in [3.63, 3.8) is 0 Å². The van der Waals surface area contributed by atoms with Crippen LogP contribution in [-0.2, 0) is 16.3 Å². The molecule has 6 nitrogen and oxygen atoms in total. The Hall–Kier alpha value is -1.67. The topological polar surface area (TPSA) is 82.2 Å². The number of carbonyl (C=O) groups excluding carboxylic acids is 1. The second-order valence-electron chi connectivity index (χ2n) is 10.4. The molecule has 1 fully saturated rings. The first-order chi connectivity index (χ1) is 15.2. The highest BCUT2D eigenvalue weighted by atomic mass is 35.5. The Morgan fingerprint density at radius 1 is 1.18 bits per heavy atom. The van der Waals surface area contributed by atoms with Gasteiger partial charge < -0.3 is 15.8 Å². The first kappa shape index (κ1) is 27.6. The number of hydrogen-bond donors (Lipinski definition) is 2. The molecule has 1 aromatic carbocycles. The van der Waals surface area contributed by atoms with Gasteiger partial charge in [-0.3, -0.25) is 4.79 Å². The molecular formula is C25H41ClN4O2Si. The van der Waals surface area contributed by atoms with Gasteiger partial charge in [0.2, 0.25) is 5.91 Å². The first-order valence-electron chi connectivity index (χ1n) is 11.9. The van der Waals surface area contributed by atoms with E-state index in [-0.39, 0.29) is 18.3 Å². The third kappa shape index (κ3) is 7.67. The SMILES string of the molecule is Cc1nn(COCC[Si](C)(C)C)c(C)c1-c1ccc(NC(=O)C(N)C2CCCCC2)cc1.Cl. The van der Waals surface area contributed by atoms with Gasteiger partial charge in [-0.1, -0.05) is 51.0 Å². The number of amides is 1. The predicted octanol–water partition coefficient (Wildman–Crippen LogP) is 5.75. The molecule has 1 aliphatic rings. The van der Waals surface area contributed by atoms with Gasteiger partial charge in [0.05, 0.1) is 11.7 Å². The molecule has 1 aliphatic carbocycles. The molecule has 184 valence electrons. The van der Waals surface area contributed by atoms with Crippen molar-refractivity contribution in [2.24, 2.45) is 11.7 Å². The number of nitrogens with one attached hydrogen (secondary N) is 1. The lowest BCUT2D eigenvalue weighted by molar-refractivity contribution is -0.118. The van der Waals surface area contributed by atoms with Crippen LogP contribution in [0.5, 0.6) is 0 Å². The van der Waals surface area contributed by atoms with Crippen molar-refractivity contribution in [2.45, 2.75) is 84.4 Å². The first-order valence-corrected chi connectivity index (χ1v) is 15.6. The van der Waals surface area contributed by atoms with Crippen LogP contribution in [0.1, 0.15) is 43.5 Å². The average Bonchev–Trinajstić information content (AvgIpc) is 3.04. The van der Waals surface area contributed by atoms with Crippen LogP contribution in [0.2, 0.25) is 25.7 Å². The number of benzene rings is 1. The number of nitrogens with zero attached hydrogens (tertiary/aromatic N) is 2. The lowest BCUT2D eigenvalue weighted by Crippen LogP contribution is -2.42. The summed E-state index contributed by atoms with van der Waals surface area (Å²) >= 11 is 0. The van der Waals surface area contributed by atoms with Crippen LogP contribution in [0.25, 0.3) is 11.1 Å². The molecule has 1 aromatic heterocycles. The number of aryl methyl sites for hydroxylation is 1. The summed E-state index contributed by atoms with van der Waals surface area (Å²) in [5, 5.41) is 7.68. The molecule has 1 atom stereocenters. The zero-order chi connectivity index (χ0) is 23.3. The van der Waals surface area contributed by atoms with Gasteiger partial charge in [0, 0.05) is 31.6 Å². The molecule has 0 aliphatic heterocycles. The van der Waals surface area contributed by atoms with E-state index in [1.54, 1.807) is 0 Å². The van der Waals surface area contributed by atoms with E-state index < -0.39 is 14.1 Å². The van der Waals surface area contributed by atoms with Crippen molar-refractivity contribution in [3.8, 4) is 11.1 Å². The number of halogens is 1. The molecule has 33 heavy (non-hydrogen) atoms. The Labute approximate surface area is 206 Å². The Kier molecular flexibility index (Phi) is 10.2. The number of carbonyl (C=O) groups is 1. The maximum absolute atomic E-state index is 12.6. The molecule has 1 saturated carbocycles. The molecule has 1 heterocycles. The average molecular weight is 493 g/mol. The van der Waals surface area contributed by atoms with Crippen LogP contribution in [0.15, 0.2) is 24.3 Å². The summed E-state index contributed by atoms with van der Waals surface area (Å²) in [5.74, 6) is 0.215. The van der Waals surface area contributed by atoms with Crippen LogP contribution in [-0.4, -0.2) is 36.4 Å². The third-order valence-corrected chi connectivity index (χ3v) is 8.20. The van der Waals surface area contributed by atoms with Gasteiger partial charge in [0.1, 0.15) is 6.73 Å². The summed E-state index contributed by atoms with van der Waals surface area (Å²) in [6.07, 6.45) is 5.72. The van der Waals surface area contributed by atoms with E-state index in [1.165, 1.54) is 19.3 Å². The molecule has 3 rings (SSSR count). The normalized spacial score (nSPS) is 15.7. The van der Waals surface area contributed by atoms with E-state index in [0.717, 1.165) is 53.7 Å². The molecule has 1 unspecified atom stereocenters. The molecule has 2 aromatic rings. The van der Waals surface area contributed by atoms with Gasteiger partial charge in [0.25, 0.3) is 0 Å². The fourth-order valence-corrected chi connectivity index (χ4v) is 5.18. The molecule has 8 heteroatoms. The van der Waals surface area contributed by atoms with Crippen LogP contribution in [0.3, 0.4) is 0 Å². The van der Waals surface area contributed by atoms with E-state index in [1.807, 2.05) is 35.9 Å². The number of aromatic nitrogens is 2. The summed E-state index contributed by atoms with van der Waals surface area (Å²) in [5.41, 5.74) is 11.3. The van der Waals surface area contributed by atoms with E-state index in [9.17, 15) is 4.79 Å². The predicted molar refractivity (Wildman–Crippen MR) is 142 cm³/mol. The monoisotopic (exact) mass is 492 g/mol. The zero-order valence-electron chi connectivity index (χ0n) is 20.8. The van der Waals surface area contributed by atoms with Crippen LogP contribution in [0.4, 0.5) is 5.69 Å². The number of hydrogen-bond acceptors (Lipinski definition) is 4. The molecule has 0 bridgehead atoms. The highest BCUT2D eigenvalue weighted by Gasteiger charge is 2.26. The van der Waals surface area contributed by atoms with Gasteiger partial charge in [0.15, 0.2) is 0 Å². The van der Waals surface area contributed by atoms with Gasteiger partial charge in [-0.25, -0.2) is 4.68 Å². The second-order valence-corrected chi connectivity index (χ2v) is 16.0. The van der Waals surface area contributed by atoms with Crippen molar-refractivity contribution in [1.82, 2.24) is 9.78 Å². The van der Waals surface area contributed by atoms with Crippen molar-refractivity contribution in [3.05, 3.63) is 35.7 Å². The molecule has 0 spiro atoms. The highest BCUT2D eigenvalue weighted by molar-refractivity contribution is 6.76. The second kappa shape index (κ2) is 12.2. The van der Waals surface area contributed by atoms with Crippen molar-refractivity contribution < 1.29 is 9.53 Å². The van der Waals surface area contributed by atoms with Crippen LogP contribution < -0.4 is 11.1 Å². The number of nitrogens with two attached hydrogens (primary N) is 1. The molecule has 0 saturated heterocycles. The highest BCUT2D eigenvalue weighted by Crippen LogP contribution is 2.29. The van der Waals surface area contributed by atoms with Crippen LogP contribution >= 0.6 is 12.4 Å². The summed E-state index contributed by atoms with van der Waals surface area (Å²) in [7, 11) is -1.09. The van der Waals surface area contributed by atoms with Gasteiger partial charge in [-0.05, 0) is 56.3 Å².